The molecule has 0 saturated heterocycles. The first-order valence-corrected chi connectivity index (χ1v) is 13.5. The maximum absolute atomic E-state index is 13.0. The molecule has 2 heterocycles. The summed E-state index contributed by atoms with van der Waals surface area (Å²) in [6, 6.07) is 7.03. The Morgan fingerprint density at radius 1 is 1.12 bits per heavy atom. The Morgan fingerprint density at radius 3 is 2.64 bits per heavy atom. The molecule has 1 aliphatic carbocycles. The molecule has 0 bridgehead atoms. The summed E-state index contributed by atoms with van der Waals surface area (Å²) < 4.78 is 33.4. The zero-order valence-corrected chi connectivity index (χ0v) is 20.5. The summed E-state index contributed by atoms with van der Waals surface area (Å²) in [6.07, 6.45) is 3.42. The quantitative estimate of drug-likeness (QED) is 0.366. The van der Waals surface area contributed by atoms with E-state index in [2.05, 4.69) is 20.2 Å². The molecule has 12 heteroatoms. The molecule has 0 fully saturated rings. The molecule has 9 nitrogen and oxygen atoms in total. The van der Waals surface area contributed by atoms with E-state index >= 15 is 0 Å². The molecule has 174 valence electrons. The Morgan fingerprint density at radius 2 is 1.88 bits per heavy atom. The van der Waals surface area contributed by atoms with Gasteiger partial charge in [-0.15, -0.1) is 21.5 Å². The molecule has 0 aliphatic heterocycles. The molecular weight excluding hydrogens is 484 g/mol. The highest BCUT2D eigenvalue weighted by molar-refractivity contribution is 7.94. The van der Waals surface area contributed by atoms with Gasteiger partial charge in [0.2, 0.25) is 5.13 Å². The molecule has 4 rings (SSSR count). The molecule has 1 aromatic carbocycles. The topological polar surface area (TPSA) is 127 Å². The Bertz CT molecular complexity index is 1310. The van der Waals surface area contributed by atoms with Crippen molar-refractivity contribution >= 4 is 54.7 Å². The van der Waals surface area contributed by atoms with Crippen molar-refractivity contribution in [3.63, 3.8) is 0 Å². The molecule has 2 aromatic heterocycles. The van der Waals surface area contributed by atoms with Gasteiger partial charge in [-0.2, -0.15) is 8.42 Å². The van der Waals surface area contributed by atoms with Crippen LogP contribution in [0.1, 0.15) is 56.5 Å². The number of carbonyl (C=O) groups excluding carboxylic acids is 2. The number of esters is 1. The van der Waals surface area contributed by atoms with Crippen molar-refractivity contribution < 1.29 is 22.7 Å². The second-order valence-corrected chi connectivity index (χ2v) is 11.3. The van der Waals surface area contributed by atoms with Crippen molar-refractivity contribution in [2.75, 3.05) is 16.6 Å². The second kappa shape index (κ2) is 9.57. The van der Waals surface area contributed by atoms with Gasteiger partial charge in [-0.25, -0.2) is 4.79 Å². The number of nitrogens with one attached hydrogen (secondary N) is 2. The lowest BCUT2D eigenvalue weighted by Gasteiger charge is -2.12. The molecule has 0 spiro atoms. The van der Waals surface area contributed by atoms with Crippen molar-refractivity contribution in [2.45, 2.75) is 43.9 Å². The van der Waals surface area contributed by atoms with Gasteiger partial charge < -0.3 is 4.74 Å². The van der Waals surface area contributed by atoms with Crippen LogP contribution >= 0.6 is 22.7 Å². The van der Waals surface area contributed by atoms with Gasteiger partial charge in [-0.1, -0.05) is 29.5 Å². The predicted octanol–water partition coefficient (Wildman–Crippen LogP) is 4.02. The number of nitrogens with zero attached hydrogens (tertiary/aromatic N) is 2. The van der Waals surface area contributed by atoms with E-state index in [1.54, 1.807) is 32.0 Å². The van der Waals surface area contributed by atoms with E-state index < -0.39 is 21.9 Å². The summed E-state index contributed by atoms with van der Waals surface area (Å²) >= 11 is 1.98. The van der Waals surface area contributed by atoms with Crippen molar-refractivity contribution in [1.82, 2.24) is 10.2 Å². The van der Waals surface area contributed by atoms with Crippen LogP contribution in [0.15, 0.2) is 28.6 Å². The summed E-state index contributed by atoms with van der Waals surface area (Å²) in [7, 11) is -4.13. The Labute approximate surface area is 199 Å². The van der Waals surface area contributed by atoms with E-state index in [0.717, 1.165) is 46.6 Å². The van der Waals surface area contributed by atoms with Crippen LogP contribution in [0.5, 0.6) is 0 Å². The van der Waals surface area contributed by atoms with Crippen molar-refractivity contribution in [1.29, 1.82) is 0 Å². The first-order chi connectivity index (χ1) is 15.8. The zero-order chi connectivity index (χ0) is 23.6. The molecule has 0 unspecified atom stereocenters. The van der Waals surface area contributed by atoms with E-state index in [4.69, 9.17) is 4.74 Å². The number of rotatable bonds is 7. The molecule has 0 saturated carbocycles. The molecule has 1 aliphatic rings. The number of ether oxygens (including phenoxy) is 1. The van der Waals surface area contributed by atoms with Gasteiger partial charge in [0, 0.05) is 10.4 Å². The van der Waals surface area contributed by atoms with Gasteiger partial charge in [0.1, 0.15) is 5.00 Å². The van der Waals surface area contributed by atoms with Gasteiger partial charge in [0.15, 0.2) is 0 Å². The van der Waals surface area contributed by atoms with Crippen LogP contribution in [-0.2, 0) is 27.6 Å². The smallest absolute Gasteiger partial charge is 0.341 e. The first kappa shape index (κ1) is 23.3. The lowest BCUT2D eigenvalue weighted by atomic mass is 9.95. The first-order valence-electron chi connectivity index (χ1n) is 10.3. The number of benzene rings is 1. The summed E-state index contributed by atoms with van der Waals surface area (Å²) in [5.41, 5.74) is 2.37. The number of sulfonamides is 1. The lowest BCUT2D eigenvalue weighted by Crippen LogP contribution is -2.16. The van der Waals surface area contributed by atoms with Crippen LogP contribution in [0.25, 0.3) is 0 Å². The lowest BCUT2D eigenvalue weighted by molar-refractivity contribution is 0.0526. The number of hydrogen-bond acceptors (Lipinski definition) is 9. The minimum atomic E-state index is -4.13. The molecule has 3 aromatic rings. The fourth-order valence-corrected chi connectivity index (χ4v) is 7.06. The van der Waals surface area contributed by atoms with Crippen molar-refractivity contribution in [3.8, 4) is 0 Å². The third-order valence-corrected chi connectivity index (χ3v) is 9.02. The SMILES string of the molecule is CCOC(=O)c1c(NS(=O)(=O)c2nnc(NC(=O)c3ccccc3C)s2)sc2c1CCCC2. The van der Waals surface area contributed by atoms with Crippen molar-refractivity contribution in [2.24, 2.45) is 0 Å². The highest BCUT2D eigenvalue weighted by Crippen LogP contribution is 2.39. The normalized spacial score (nSPS) is 13.3. The van der Waals surface area contributed by atoms with Crippen LogP contribution in [0.4, 0.5) is 10.1 Å². The predicted molar refractivity (Wildman–Crippen MR) is 127 cm³/mol. The van der Waals surface area contributed by atoms with E-state index in [1.165, 1.54) is 11.3 Å². The standard InChI is InChI=1S/C21H22N4O5S3/c1-3-30-19(27)16-14-10-6-7-11-15(14)31-18(16)25-33(28,29)21-24-23-20(32-21)22-17(26)13-9-5-4-8-12(13)2/h4-5,8-9,25H,3,6-7,10-11H2,1-2H3,(H,22,23,26). The number of carbonyl (C=O) groups is 2. The van der Waals surface area contributed by atoms with Gasteiger partial charge in [-0.3, -0.25) is 14.8 Å². The van der Waals surface area contributed by atoms with Crippen LogP contribution in [0.2, 0.25) is 0 Å². The number of amides is 1. The summed E-state index contributed by atoms with van der Waals surface area (Å²) in [5.74, 6) is -0.949. The Hall–Kier alpha value is -2.83. The minimum Gasteiger partial charge on any atom is -0.462 e. The van der Waals surface area contributed by atoms with Gasteiger partial charge in [0.25, 0.3) is 20.3 Å². The van der Waals surface area contributed by atoms with Crippen LogP contribution < -0.4 is 10.0 Å². The molecule has 1 amide bonds. The Kier molecular flexibility index (Phi) is 6.77. The highest BCUT2D eigenvalue weighted by Gasteiger charge is 2.30. The highest BCUT2D eigenvalue weighted by atomic mass is 32.2. The summed E-state index contributed by atoms with van der Waals surface area (Å²) in [6.45, 7) is 3.70. The van der Waals surface area contributed by atoms with Gasteiger partial charge in [0.05, 0.1) is 12.2 Å². The molecule has 0 radical (unpaired) electrons. The second-order valence-electron chi connectivity index (χ2n) is 7.38. The number of aryl methyl sites for hydroxylation is 2. The van der Waals surface area contributed by atoms with Crippen LogP contribution in [0.3, 0.4) is 0 Å². The average molecular weight is 507 g/mol. The number of hydrogen-bond donors (Lipinski definition) is 2. The van der Waals surface area contributed by atoms with Crippen LogP contribution in [0, 0.1) is 6.92 Å². The monoisotopic (exact) mass is 506 g/mol. The maximum Gasteiger partial charge on any atom is 0.341 e. The number of anilines is 2. The molecule has 0 atom stereocenters. The summed E-state index contributed by atoms with van der Waals surface area (Å²) in [4.78, 5) is 26.1. The summed E-state index contributed by atoms with van der Waals surface area (Å²) in [5, 5.41) is 10.4. The minimum absolute atomic E-state index is 0.0553. The number of thiophene rings is 1. The zero-order valence-electron chi connectivity index (χ0n) is 18.0. The number of fused-ring (bicyclic) bond motifs is 1. The largest absolute Gasteiger partial charge is 0.462 e. The van der Waals surface area contributed by atoms with E-state index in [1.807, 2.05) is 6.07 Å². The molecular formula is C21H22N4O5S3. The van der Waals surface area contributed by atoms with Gasteiger partial charge >= 0.3 is 5.97 Å². The van der Waals surface area contributed by atoms with Crippen LogP contribution in [-0.4, -0.2) is 37.1 Å². The van der Waals surface area contributed by atoms with Gasteiger partial charge in [-0.05, 0) is 56.7 Å². The molecule has 33 heavy (non-hydrogen) atoms. The fraction of sp³-hybridized carbons (Fsp3) is 0.333. The third-order valence-electron chi connectivity index (χ3n) is 5.12. The van der Waals surface area contributed by atoms with E-state index in [-0.39, 0.29) is 26.6 Å². The molecule has 2 N–H and O–H groups in total. The number of aromatic nitrogens is 2. The van der Waals surface area contributed by atoms with E-state index in [9.17, 15) is 18.0 Å². The fourth-order valence-electron chi connectivity index (χ4n) is 3.58. The maximum atomic E-state index is 13.0. The van der Waals surface area contributed by atoms with Crippen molar-refractivity contribution in [3.05, 3.63) is 51.4 Å². The Balaban J connectivity index is 1.57. The van der Waals surface area contributed by atoms with E-state index in [0.29, 0.717) is 12.0 Å². The third kappa shape index (κ3) is 4.92. The average Bonchev–Trinajstić information content (AvgIpc) is 3.38.